The maximum absolute atomic E-state index is 10.6. The number of nitrogens with zero attached hydrogens (tertiary/aromatic N) is 2. The predicted octanol–water partition coefficient (Wildman–Crippen LogP) is -0.0563. The molecule has 0 aliphatic carbocycles. The fourth-order valence-electron chi connectivity index (χ4n) is 2.22. The first-order valence-electron chi connectivity index (χ1n) is 12.2. The predicted molar refractivity (Wildman–Crippen MR) is 148 cm³/mol. The monoisotopic (exact) mass is 648 g/mol. The third-order valence-corrected chi connectivity index (χ3v) is 3.13. The lowest BCUT2D eigenvalue weighted by Gasteiger charge is -2.19. The van der Waals surface area contributed by atoms with Crippen molar-refractivity contribution in [3.63, 3.8) is 0 Å². The number of hydrogen-bond acceptors (Lipinski definition) is 11. The maximum Gasteiger partial charge on any atom is 0.317 e. The average molecular weight is 649 g/mol. The van der Waals surface area contributed by atoms with Crippen LogP contribution in [0.4, 0.5) is 0 Å². The third-order valence-electron chi connectivity index (χ3n) is 3.13. The summed E-state index contributed by atoms with van der Waals surface area (Å²) < 4.78 is 0. The summed E-state index contributed by atoms with van der Waals surface area (Å²) in [6, 6.07) is 0. The van der Waals surface area contributed by atoms with E-state index in [0.29, 0.717) is 38.8 Å². The minimum absolute atomic E-state index is 0.336. The molecular formula is C24H44N2O18. The highest BCUT2D eigenvalue weighted by molar-refractivity contribution is 5.73. The van der Waals surface area contributed by atoms with Crippen LogP contribution in [-0.4, -0.2) is 149 Å². The average Bonchev–Trinajstić information content (AvgIpc) is 2.72. The molecule has 0 fully saturated rings. The van der Waals surface area contributed by atoms with E-state index >= 15 is 0 Å². The van der Waals surface area contributed by atoms with Crippen molar-refractivity contribution in [2.24, 2.45) is 0 Å². The molecule has 0 aromatic heterocycles. The molecule has 0 unspecified atom stereocenters. The second-order valence-corrected chi connectivity index (χ2v) is 8.01. The van der Waals surface area contributed by atoms with Gasteiger partial charge in [0.1, 0.15) is 0 Å². The molecule has 44 heavy (non-hydrogen) atoms. The largest absolute Gasteiger partial charge is 0.481 e. The summed E-state index contributed by atoms with van der Waals surface area (Å²) in [5, 5.41) is 71.9. The van der Waals surface area contributed by atoms with E-state index in [9.17, 15) is 19.2 Å². The molecule has 0 radical (unpaired) electrons. The van der Waals surface area contributed by atoms with E-state index in [0.717, 1.165) is 34.6 Å². The molecule has 0 amide bonds. The molecule has 258 valence electrons. The number of carbonyl (C=O) groups is 9. The van der Waals surface area contributed by atoms with E-state index < -0.39 is 53.7 Å². The number of carboxylic acids is 9. The first-order chi connectivity index (χ1) is 19.9. The first-order valence-corrected chi connectivity index (χ1v) is 12.2. The van der Waals surface area contributed by atoms with Gasteiger partial charge in [-0.2, -0.15) is 0 Å². The third kappa shape index (κ3) is 120. The van der Waals surface area contributed by atoms with Crippen LogP contribution in [0.3, 0.4) is 0 Å². The summed E-state index contributed by atoms with van der Waals surface area (Å²) in [5.74, 6) is -8.52. The van der Waals surface area contributed by atoms with Crippen LogP contribution in [0.2, 0.25) is 0 Å². The number of aliphatic carboxylic acids is 9. The molecule has 20 heteroatoms. The van der Waals surface area contributed by atoms with Gasteiger partial charge in [-0.3, -0.25) is 53.0 Å². The molecule has 0 aromatic rings. The van der Waals surface area contributed by atoms with E-state index in [4.69, 9.17) is 69.9 Å². The summed E-state index contributed by atoms with van der Waals surface area (Å²) in [7, 11) is 0. The Balaban J connectivity index is -0.000000145. The Bertz CT molecular complexity index is 714. The summed E-state index contributed by atoms with van der Waals surface area (Å²) in [6.45, 7) is 4.75. The van der Waals surface area contributed by atoms with Crippen molar-refractivity contribution in [1.29, 1.82) is 0 Å². The van der Waals surface area contributed by atoms with Crippen molar-refractivity contribution in [2.45, 2.75) is 60.3 Å². The molecule has 0 atom stereocenters. The highest BCUT2D eigenvalue weighted by Gasteiger charge is 2.14. The zero-order valence-electron chi connectivity index (χ0n) is 25.2. The normalized spacial score (nSPS) is 8.80. The summed E-state index contributed by atoms with van der Waals surface area (Å²) in [4.78, 5) is 90.2. The highest BCUT2D eigenvalue weighted by atomic mass is 16.4. The zero-order chi connectivity index (χ0) is 36.4. The van der Waals surface area contributed by atoms with Gasteiger partial charge >= 0.3 is 23.9 Å². The Labute approximate surface area is 252 Å². The molecule has 20 nitrogen and oxygen atoms in total. The molecule has 0 rings (SSSR count). The van der Waals surface area contributed by atoms with Gasteiger partial charge in [0.25, 0.3) is 29.8 Å². The van der Waals surface area contributed by atoms with E-state index in [1.807, 2.05) is 0 Å². The van der Waals surface area contributed by atoms with Gasteiger partial charge in [-0.25, -0.2) is 0 Å². The Morgan fingerprint density at radius 1 is 0.341 bits per heavy atom. The Kier molecular flexibility index (Phi) is 42.6. The van der Waals surface area contributed by atoms with E-state index in [2.05, 4.69) is 0 Å². The number of carboxylic acid groups (broad SMARTS) is 9. The van der Waals surface area contributed by atoms with Gasteiger partial charge in [-0.05, 0) is 25.9 Å². The molecule has 0 saturated heterocycles. The van der Waals surface area contributed by atoms with Gasteiger partial charge in [-0.15, -0.1) is 0 Å². The van der Waals surface area contributed by atoms with Gasteiger partial charge < -0.3 is 46.0 Å². The quantitative estimate of drug-likeness (QED) is 0.105. The van der Waals surface area contributed by atoms with E-state index in [1.165, 1.54) is 9.80 Å². The standard InChI is InChI=1S/C14H24N2O8.5C2H4O2/c17-11(18)7-15(8-12(19)20)5-3-1-2-4-6-16(9-13(21)22)10-14(23)24;5*1-2(3)4/h1-10H2,(H,17,18)(H,19,20)(H,21,22)(H,23,24);5*1H3,(H,3,4). The molecular weight excluding hydrogens is 604 g/mol. The molecule has 0 bridgehead atoms. The molecule has 0 aliphatic rings. The van der Waals surface area contributed by atoms with Crippen molar-refractivity contribution >= 4 is 53.7 Å². The Morgan fingerprint density at radius 3 is 0.591 bits per heavy atom. The van der Waals surface area contributed by atoms with Gasteiger partial charge in [0.15, 0.2) is 0 Å². The minimum Gasteiger partial charge on any atom is -0.481 e. The first kappa shape index (κ1) is 51.9. The second kappa shape index (κ2) is 36.2. The van der Waals surface area contributed by atoms with Gasteiger partial charge in [0, 0.05) is 34.6 Å². The number of hydrogen-bond donors (Lipinski definition) is 9. The molecule has 0 spiro atoms. The van der Waals surface area contributed by atoms with E-state index in [-0.39, 0.29) is 26.2 Å². The second-order valence-electron chi connectivity index (χ2n) is 8.01. The van der Waals surface area contributed by atoms with Crippen LogP contribution < -0.4 is 0 Å². The lowest BCUT2D eigenvalue weighted by atomic mass is 10.1. The maximum atomic E-state index is 10.6. The molecule has 0 aromatic carbocycles. The van der Waals surface area contributed by atoms with Gasteiger partial charge in [0.05, 0.1) is 26.2 Å². The number of unbranched alkanes of at least 4 members (excludes halogenated alkanes) is 3. The summed E-state index contributed by atoms with van der Waals surface area (Å²) in [6.07, 6.45) is 2.64. The zero-order valence-corrected chi connectivity index (χ0v) is 25.2. The van der Waals surface area contributed by atoms with Gasteiger partial charge in [0.2, 0.25) is 0 Å². The number of rotatable bonds is 15. The molecule has 0 aliphatic heterocycles. The van der Waals surface area contributed by atoms with E-state index in [1.54, 1.807) is 0 Å². The lowest BCUT2D eigenvalue weighted by molar-refractivity contribution is -0.143. The van der Waals surface area contributed by atoms with Crippen molar-refractivity contribution in [3.05, 3.63) is 0 Å². The highest BCUT2D eigenvalue weighted by Crippen LogP contribution is 2.04. The van der Waals surface area contributed by atoms with Crippen molar-refractivity contribution in [1.82, 2.24) is 9.80 Å². The Hall–Kier alpha value is -4.85. The summed E-state index contributed by atoms with van der Waals surface area (Å²) in [5.41, 5.74) is 0. The van der Waals surface area contributed by atoms with Crippen molar-refractivity contribution in [3.8, 4) is 0 Å². The van der Waals surface area contributed by atoms with Crippen LogP contribution >= 0.6 is 0 Å². The fourth-order valence-corrected chi connectivity index (χ4v) is 2.22. The Morgan fingerprint density at radius 2 is 0.477 bits per heavy atom. The topological polar surface area (TPSA) is 342 Å². The van der Waals surface area contributed by atoms with Crippen LogP contribution in [0, 0.1) is 0 Å². The van der Waals surface area contributed by atoms with Crippen LogP contribution in [0.5, 0.6) is 0 Å². The van der Waals surface area contributed by atoms with Crippen molar-refractivity contribution in [2.75, 3.05) is 39.3 Å². The summed E-state index contributed by atoms with van der Waals surface area (Å²) >= 11 is 0. The lowest BCUT2D eigenvalue weighted by Crippen LogP contribution is -2.35. The molecule has 9 N–H and O–H groups in total. The smallest absolute Gasteiger partial charge is 0.317 e. The fraction of sp³-hybridized carbons (Fsp3) is 0.625. The van der Waals surface area contributed by atoms with Crippen LogP contribution in [0.1, 0.15) is 60.3 Å². The van der Waals surface area contributed by atoms with Gasteiger partial charge in [-0.1, -0.05) is 12.8 Å². The minimum atomic E-state index is -1.09. The molecule has 0 heterocycles. The SMILES string of the molecule is CC(=O)O.CC(=O)O.CC(=O)O.CC(=O)O.CC(=O)O.O=C(O)CN(CCCCCCN(CC(=O)O)CC(=O)O)CC(=O)O. The molecule has 0 saturated carbocycles. The van der Waals surface area contributed by atoms with Crippen LogP contribution in [0.25, 0.3) is 0 Å². The van der Waals surface area contributed by atoms with Crippen molar-refractivity contribution < 1.29 is 89.1 Å². The van der Waals surface area contributed by atoms with Crippen LogP contribution in [0.15, 0.2) is 0 Å². The van der Waals surface area contributed by atoms with Crippen LogP contribution in [-0.2, 0) is 43.2 Å².